The second kappa shape index (κ2) is 15.8. The molecule has 0 saturated heterocycles. The van der Waals surface area contributed by atoms with E-state index in [1.807, 2.05) is 24.3 Å². The van der Waals surface area contributed by atoms with Gasteiger partial charge < -0.3 is 34.4 Å². The number of furan rings is 1. The highest BCUT2D eigenvalue weighted by Gasteiger charge is 2.25. The summed E-state index contributed by atoms with van der Waals surface area (Å²) in [4.78, 5) is 36.7. The number of rotatable bonds is 12. The second-order valence-corrected chi connectivity index (χ2v) is 12.6. The standard InChI is InChI=1S/C38H32Cl2N2O8/c39-24-20-25(40)22-31(21-24)49-36-18-17-34(50-36)37(44)41-26-7-11-28(12-8-26)48-30-15-13-29(14-16-30)47-27-9-5-23(6-10-27)19-35(43)42-33-4-2-1-3-32(33)38(45)46/h1-6,9-10,13-18,20-22,26,28H,7-8,11-12,19H2,(H,41,44)(H,42,43)(H,45,46). The van der Waals surface area contributed by atoms with Crippen molar-refractivity contribution in [1.29, 1.82) is 0 Å². The first-order chi connectivity index (χ1) is 24.2. The lowest BCUT2D eigenvalue weighted by Crippen LogP contribution is -2.39. The fraction of sp³-hybridized carbons (Fsp3) is 0.184. The summed E-state index contributed by atoms with van der Waals surface area (Å²) in [6, 6.07) is 28.6. The Morgan fingerprint density at radius 2 is 1.38 bits per heavy atom. The van der Waals surface area contributed by atoms with Crippen molar-refractivity contribution in [3.63, 3.8) is 0 Å². The van der Waals surface area contributed by atoms with Crippen LogP contribution in [0.1, 0.15) is 52.2 Å². The van der Waals surface area contributed by atoms with Gasteiger partial charge in [-0.05, 0) is 104 Å². The van der Waals surface area contributed by atoms with Crippen molar-refractivity contribution in [1.82, 2.24) is 5.32 Å². The van der Waals surface area contributed by atoms with Crippen LogP contribution in [0.3, 0.4) is 0 Å². The topological polar surface area (TPSA) is 136 Å². The number of hydrogen-bond acceptors (Lipinski definition) is 7. The summed E-state index contributed by atoms with van der Waals surface area (Å²) in [5.41, 5.74) is 1.04. The van der Waals surface area contributed by atoms with Gasteiger partial charge in [0.05, 0.1) is 23.8 Å². The Labute approximate surface area is 297 Å². The summed E-state index contributed by atoms with van der Waals surface area (Å²) in [7, 11) is 0. The number of hydrogen-bond donors (Lipinski definition) is 3. The van der Waals surface area contributed by atoms with E-state index in [-0.39, 0.29) is 53.3 Å². The zero-order valence-corrected chi connectivity index (χ0v) is 28.1. The average Bonchev–Trinajstić information content (AvgIpc) is 3.56. The van der Waals surface area contributed by atoms with Gasteiger partial charge in [0, 0.05) is 22.2 Å². The van der Waals surface area contributed by atoms with Crippen molar-refractivity contribution in [2.75, 3.05) is 5.32 Å². The number of carboxylic acid groups (broad SMARTS) is 1. The summed E-state index contributed by atoms with van der Waals surface area (Å²) >= 11 is 12.0. The summed E-state index contributed by atoms with van der Waals surface area (Å²) in [5, 5.41) is 15.9. The normalized spacial score (nSPS) is 15.5. The minimum absolute atomic E-state index is 0.00578. The lowest BCUT2D eigenvalue weighted by molar-refractivity contribution is -0.115. The van der Waals surface area contributed by atoms with Crippen molar-refractivity contribution in [3.8, 4) is 28.9 Å². The van der Waals surface area contributed by atoms with Gasteiger partial charge in [-0.25, -0.2) is 4.79 Å². The average molecular weight is 716 g/mol. The molecular weight excluding hydrogens is 683 g/mol. The van der Waals surface area contributed by atoms with Crippen LogP contribution in [0.5, 0.6) is 28.9 Å². The zero-order chi connectivity index (χ0) is 35.0. The molecule has 6 rings (SSSR count). The van der Waals surface area contributed by atoms with E-state index in [1.54, 1.807) is 72.8 Å². The Morgan fingerprint density at radius 3 is 2.06 bits per heavy atom. The summed E-state index contributed by atoms with van der Waals surface area (Å²) in [5.74, 6) is 0.907. The molecule has 0 radical (unpaired) electrons. The number of carboxylic acids is 1. The summed E-state index contributed by atoms with van der Waals surface area (Å²) < 4.78 is 23.4. The van der Waals surface area contributed by atoms with Gasteiger partial charge in [-0.2, -0.15) is 0 Å². The van der Waals surface area contributed by atoms with Crippen molar-refractivity contribution < 1.29 is 38.1 Å². The maximum atomic E-state index is 12.8. The second-order valence-electron chi connectivity index (χ2n) is 11.7. The highest BCUT2D eigenvalue weighted by molar-refractivity contribution is 6.34. The Morgan fingerprint density at radius 1 is 0.740 bits per heavy atom. The van der Waals surface area contributed by atoms with Crippen LogP contribution in [0.2, 0.25) is 10.0 Å². The molecule has 0 atom stereocenters. The van der Waals surface area contributed by atoms with Crippen LogP contribution in [0.15, 0.2) is 108 Å². The van der Waals surface area contributed by atoms with E-state index in [0.717, 1.165) is 37.0 Å². The van der Waals surface area contributed by atoms with Crippen molar-refractivity contribution in [3.05, 3.63) is 130 Å². The lowest BCUT2D eigenvalue weighted by atomic mass is 9.93. The Balaban J connectivity index is 0.921. The lowest BCUT2D eigenvalue weighted by Gasteiger charge is -2.29. The summed E-state index contributed by atoms with van der Waals surface area (Å²) in [6.45, 7) is 0. The number of halogens is 2. The molecule has 3 N–H and O–H groups in total. The van der Waals surface area contributed by atoms with Gasteiger partial charge in [0.1, 0.15) is 23.0 Å². The monoisotopic (exact) mass is 714 g/mol. The number of aromatic carboxylic acids is 1. The molecule has 10 nitrogen and oxygen atoms in total. The van der Waals surface area contributed by atoms with Gasteiger partial charge in [-0.3, -0.25) is 9.59 Å². The van der Waals surface area contributed by atoms with Crippen LogP contribution in [0.25, 0.3) is 0 Å². The Kier molecular flexibility index (Phi) is 10.9. The number of carbonyl (C=O) groups is 3. The molecule has 1 aliphatic rings. The molecule has 1 heterocycles. The zero-order valence-electron chi connectivity index (χ0n) is 26.6. The number of nitrogens with one attached hydrogen (secondary N) is 2. The third-order valence-corrected chi connectivity index (χ3v) is 8.39. The number of carbonyl (C=O) groups excluding carboxylic acids is 2. The smallest absolute Gasteiger partial charge is 0.337 e. The molecule has 2 amide bonds. The van der Waals surface area contributed by atoms with E-state index in [4.69, 9.17) is 41.8 Å². The summed E-state index contributed by atoms with van der Waals surface area (Å²) in [6.07, 6.45) is 3.18. The minimum atomic E-state index is -1.11. The molecule has 256 valence electrons. The number of benzene rings is 4. The van der Waals surface area contributed by atoms with Crippen LogP contribution in [0, 0.1) is 0 Å². The molecule has 1 aliphatic carbocycles. The van der Waals surface area contributed by atoms with Crippen LogP contribution in [-0.2, 0) is 11.2 Å². The molecule has 5 aromatic rings. The van der Waals surface area contributed by atoms with E-state index in [0.29, 0.717) is 27.3 Å². The third-order valence-electron chi connectivity index (χ3n) is 7.95. The van der Waals surface area contributed by atoms with Crippen molar-refractivity contribution >= 4 is 46.7 Å². The highest BCUT2D eigenvalue weighted by atomic mass is 35.5. The fourth-order valence-corrected chi connectivity index (χ4v) is 6.04. The third kappa shape index (κ3) is 9.37. The molecule has 0 spiro atoms. The number of amides is 2. The van der Waals surface area contributed by atoms with Crippen molar-refractivity contribution in [2.45, 2.75) is 44.2 Å². The molecule has 0 bridgehead atoms. The molecule has 1 saturated carbocycles. The Hall–Kier alpha value is -5.45. The van der Waals surface area contributed by atoms with Gasteiger partial charge in [0.15, 0.2) is 5.76 Å². The quantitative estimate of drug-likeness (QED) is 0.116. The largest absolute Gasteiger partial charge is 0.490 e. The fourth-order valence-electron chi connectivity index (χ4n) is 5.53. The van der Waals surface area contributed by atoms with Crippen LogP contribution in [0.4, 0.5) is 5.69 Å². The number of para-hydroxylation sites is 1. The maximum absolute atomic E-state index is 12.8. The van der Waals surface area contributed by atoms with E-state index in [1.165, 1.54) is 6.07 Å². The van der Waals surface area contributed by atoms with Crippen LogP contribution >= 0.6 is 23.2 Å². The predicted octanol–water partition coefficient (Wildman–Crippen LogP) is 9.17. The molecule has 4 aromatic carbocycles. The first-order valence-corrected chi connectivity index (χ1v) is 16.6. The van der Waals surface area contributed by atoms with Crippen LogP contribution < -0.4 is 24.8 Å². The first kappa shape index (κ1) is 34.4. The van der Waals surface area contributed by atoms with E-state index in [2.05, 4.69) is 10.6 Å². The maximum Gasteiger partial charge on any atom is 0.337 e. The van der Waals surface area contributed by atoms with Gasteiger partial charge in [-0.1, -0.05) is 47.5 Å². The van der Waals surface area contributed by atoms with Gasteiger partial charge in [0.2, 0.25) is 5.91 Å². The van der Waals surface area contributed by atoms with Crippen molar-refractivity contribution in [2.24, 2.45) is 0 Å². The molecule has 12 heteroatoms. The minimum Gasteiger partial charge on any atom is -0.490 e. The van der Waals surface area contributed by atoms with Gasteiger partial charge >= 0.3 is 5.97 Å². The molecule has 1 aromatic heterocycles. The van der Waals surface area contributed by atoms with Gasteiger partial charge in [0.25, 0.3) is 11.9 Å². The van der Waals surface area contributed by atoms with E-state index < -0.39 is 5.97 Å². The molecule has 0 aliphatic heterocycles. The van der Waals surface area contributed by atoms with E-state index >= 15 is 0 Å². The first-order valence-electron chi connectivity index (χ1n) is 15.9. The predicted molar refractivity (Wildman–Crippen MR) is 188 cm³/mol. The SMILES string of the molecule is O=C(Cc1ccc(Oc2ccc(OC3CCC(NC(=O)c4ccc(Oc5cc(Cl)cc(Cl)c5)o4)CC3)cc2)cc1)Nc1ccccc1C(=O)O. The van der Waals surface area contributed by atoms with Gasteiger partial charge in [-0.15, -0.1) is 0 Å². The van der Waals surface area contributed by atoms with E-state index in [9.17, 15) is 19.5 Å². The molecule has 1 fully saturated rings. The van der Waals surface area contributed by atoms with Crippen LogP contribution in [-0.4, -0.2) is 35.0 Å². The molecule has 50 heavy (non-hydrogen) atoms. The Bertz CT molecular complexity index is 1950. The number of ether oxygens (including phenoxy) is 3. The highest BCUT2D eigenvalue weighted by Crippen LogP contribution is 2.31. The number of anilines is 1. The molecular formula is C38H32Cl2N2O8. The molecule has 0 unspecified atom stereocenters.